The molecule has 0 aromatic heterocycles. The van der Waals surface area contributed by atoms with Crippen molar-refractivity contribution in [3.05, 3.63) is 17.7 Å². The fourth-order valence-corrected chi connectivity index (χ4v) is 2.39. The minimum absolute atomic E-state index is 0.0119. The van der Waals surface area contributed by atoms with Crippen LogP contribution in [-0.4, -0.2) is 27.2 Å². The Morgan fingerprint density at radius 2 is 1.82 bits per heavy atom. The maximum Gasteiger partial charge on any atom is 0.224 e. The minimum atomic E-state index is -0.756. The molecular formula is C16H20N2O4. The molecule has 1 fully saturated rings. The second-order valence-electron chi connectivity index (χ2n) is 5.35. The second kappa shape index (κ2) is 6.56. The van der Waals surface area contributed by atoms with E-state index < -0.39 is 6.04 Å². The zero-order valence-electron chi connectivity index (χ0n) is 13.2. The lowest BCUT2D eigenvalue weighted by molar-refractivity contribution is -0.123. The first-order valence-corrected chi connectivity index (χ1v) is 7.05. The molecule has 2 rings (SSSR count). The predicted molar refractivity (Wildman–Crippen MR) is 79.9 cm³/mol. The van der Waals surface area contributed by atoms with Crippen LogP contribution >= 0.6 is 0 Å². The summed E-state index contributed by atoms with van der Waals surface area (Å²) in [5, 5.41) is 12.1. The van der Waals surface area contributed by atoms with E-state index in [1.165, 1.54) is 21.3 Å². The number of nitrogens with one attached hydrogen (secondary N) is 1. The van der Waals surface area contributed by atoms with Crippen LogP contribution in [0.3, 0.4) is 0 Å². The molecule has 1 N–H and O–H groups in total. The first-order chi connectivity index (χ1) is 10.5. The van der Waals surface area contributed by atoms with Crippen molar-refractivity contribution in [1.82, 2.24) is 5.32 Å². The van der Waals surface area contributed by atoms with Crippen LogP contribution in [0.5, 0.6) is 17.2 Å². The second-order valence-corrected chi connectivity index (χ2v) is 5.35. The number of benzene rings is 1. The van der Waals surface area contributed by atoms with Crippen LogP contribution in [0.25, 0.3) is 0 Å². The number of hydrogen-bond acceptors (Lipinski definition) is 5. The van der Waals surface area contributed by atoms with Gasteiger partial charge in [0, 0.05) is 5.92 Å². The first-order valence-electron chi connectivity index (χ1n) is 7.05. The number of nitrogens with zero attached hydrogens (tertiary/aromatic N) is 1. The van der Waals surface area contributed by atoms with Gasteiger partial charge in [-0.3, -0.25) is 4.79 Å². The molecule has 1 amide bonds. The van der Waals surface area contributed by atoms with Gasteiger partial charge in [-0.05, 0) is 30.0 Å². The summed E-state index contributed by atoms with van der Waals surface area (Å²) in [6.07, 6.45) is 0.874. The van der Waals surface area contributed by atoms with Crippen molar-refractivity contribution in [3.8, 4) is 23.3 Å². The Bertz CT molecular complexity index is 584. The number of ether oxygens (including phenoxy) is 3. The Hall–Kier alpha value is -2.42. The Kier molecular flexibility index (Phi) is 4.76. The number of nitriles is 1. The molecule has 1 aliphatic carbocycles. The van der Waals surface area contributed by atoms with Gasteiger partial charge in [0.05, 0.1) is 27.4 Å². The predicted octanol–water partition coefficient (Wildman–Crippen LogP) is 2.05. The average molecular weight is 304 g/mol. The van der Waals surface area contributed by atoms with Gasteiger partial charge < -0.3 is 19.5 Å². The van der Waals surface area contributed by atoms with Crippen molar-refractivity contribution in [3.63, 3.8) is 0 Å². The molecule has 3 atom stereocenters. The van der Waals surface area contributed by atoms with E-state index in [0.717, 1.165) is 6.42 Å². The highest BCUT2D eigenvalue weighted by molar-refractivity contribution is 5.82. The molecule has 22 heavy (non-hydrogen) atoms. The third-order valence-corrected chi connectivity index (χ3v) is 3.88. The molecule has 6 nitrogen and oxygen atoms in total. The van der Waals surface area contributed by atoms with E-state index in [2.05, 4.69) is 11.4 Å². The third kappa shape index (κ3) is 3.08. The molecule has 1 aliphatic rings. The third-order valence-electron chi connectivity index (χ3n) is 3.88. The molecule has 0 radical (unpaired) electrons. The summed E-state index contributed by atoms with van der Waals surface area (Å²) in [5.41, 5.74) is 0.596. The van der Waals surface area contributed by atoms with Crippen LogP contribution in [-0.2, 0) is 4.79 Å². The molecular weight excluding hydrogens is 284 g/mol. The van der Waals surface area contributed by atoms with E-state index in [1.54, 1.807) is 12.1 Å². The molecule has 0 saturated heterocycles. The van der Waals surface area contributed by atoms with E-state index in [1.807, 2.05) is 6.92 Å². The maximum atomic E-state index is 12.0. The standard InChI is InChI=1S/C16H20N2O4/c1-9-5-11(9)16(19)18-12(8-17)10-6-13(20-2)15(22-4)14(7-10)21-3/h6-7,9,11-12H,5H2,1-4H3,(H,18,19)/t9-,11-,12-/m0/s1. The normalized spacial score (nSPS) is 20.5. The summed E-state index contributed by atoms with van der Waals surface area (Å²) in [6.45, 7) is 2.02. The fourth-order valence-electron chi connectivity index (χ4n) is 2.39. The maximum absolute atomic E-state index is 12.0. The SMILES string of the molecule is COc1cc([C@H](C#N)NC(=O)[C@H]2C[C@@H]2C)cc(OC)c1OC. The van der Waals surface area contributed by atoms with Crippen molar-refractivity contribution < 1.29 is 19.0 Å². The van der Waals surface area contributed by atoms with Gasteiger partial charge in [-0.2, -0.15) is 5.26 Å². The van der Waals surface area contributed by atoms with Gasteiger partial charge in [-0.25, -0.2) is 0 Å². The molecule has 0 spiro atoms. The highest BCUT2D eigenvalue weighted by atomic mass is 16.5. The smallest absolute Gasteiger partial charge is 0.224 e. The number of hydrogen-bond donors (Lipinski definition) is 1. The Balaban J connectivity index is 2.28. The lowest BCUT2D eigenvalue weighted by Gasteiger charge is -2.17. The minimum Gasteiger partial charge on any atom is -0.493 e. The zero-order chi connectivity index (χ0) is 16.3. The summed E-state index contributed by atoms with van der Waals surface area (Å²) < 4.78 is 15.8. The lowest BCUT2D eigenvalue weighted by Crippen LogP contribution is -2.29. The fraction of sp³-hybridized carbons (Fsp3) is 0.500. The van der Waals surface area contributed by atoms with Gasteiger partial charge in [-0.15, -0.1) is 0 Å². The Morgan fingerprint density at radius 3 is 2.18 bits per heavy atom. The highest BCUT2D eigenvalue weighted by Crippen LogP contribution is 2.41. The van der Waals surface area contributed by atoms with Gasteiger partial charge >= 0.3 is 0 Å². The number of carbonyl (C=O) groups is 1. The van der Waals surface area contributed by atoms with E-state index in [9.17, 15) is 10.1 Å². The summed E-state index contributed by atoms with van der Waals surface area (Å²) in [7, 11) is 4.53. The summed E-state index contributed by atoms with van der Waals surface area (Å²) in [4.78, 5) is 12.0. The van der Waals surface area contributed by atoms with Gasteiger partial charge in [0.15, 0.2) is 11.5 Å². The van der Waals surface area contributed by atoms with Gasteiger partial charge in [0.2, 0.25) is 11.7 Å². The molecule has 0 unspecified atom stereocenters. The molecule has 1 aromatic carbocycles. The monoisotopic (exact) mass is 304 g/mol. The zero-order valence-corrected chi connectivity index (χ0v) is 13.2. The van der Waals surface area contributed by atoms with E-state index >= 15 is 0 Å². The van der Waals surface area contributed by atoms with Crippen LogP contribution in [0.4, 0.5) is 0 Å². The van der Waals surface area contributed by atoms with Crippen LogP contribution in [0.15, 0.2) is 12.1 Å². The van der Waals surface area contributed by atoms with Crippen molar-refractivity contribution in [2.45, 2.75) is 19.4 Å². The molecule has 1 saturated carbocycles. The number of rotatable bonds is 6. The topological polar surface area (TPSA) is 80.6 Å². The first kappa shape index (κ1) is 16.0. The van der Waals surface area contributed by atoms with Crippen molar-refractivity contribution in [2.24, 2.45) is 11.8 Å². The summed E-state index contributed by atoms with van der Waals surface area (Å²) in [6, 6.07) is 4.69. The van der Waals surface area contributed by atoms with Gasteiger partial charge in [0.1, 0.15) is 6.04 Å². The van der Waals surface area contributed by atoms with Gasteiger partial charge in [0.25, 0.3) is 0 Å². The molecule has 1 aromatic rings. The highest BCUT2D eigenvalue weighted by Gasteiger charge is 2.40. The van der Waals surface area contributed by atoms with Crippen LogP contribution in [0.2, 0.25) is 0 Å². The summed E-state index contributed by atoms with van der Waals surface area (Å²) >= 11 is 0. The van der Waals surface area contributed by atoms with Crippen molar-refractivity contribution >= 4 is 5.91 Å². The quantitative estimate of drug-likeness (QED) is 0.870. The molecule has 0 bridgehead atoms. The van der Waals surface area contributed by atoms with E-state index in [0.29, 0.717) is 28.7 Å². The number of carbonyl (C=O) groups excluding carboxylic acids is 1. The largest absolute Gasteiger partial charge is 0.493 e. The van der Waals surface area contributed by atoms with Crippen molar-refractivity contribution in [1.29, 1.82) is 5.26 Å². The van der Waals surface area contributed by atoms with E-state index in [4.69, 9.17) is 14.2 Å². The van der Waals surface area contributed by atoms with Crippen LogP contribution in [0.1, 0.15) is 24.9 Å². The Morgan fingerprint density at radius 1 is 1.27 bits per heavy atom. The number of amides is 1. The number of methoxy groups -OCH3 is 3. The molecule has 0 heterocycles. The Labute approximate surface area is 130 Å². The molecule has 118 valence electrons. The van der Waals surface area contributed by atoms with Gasteiger partial charge in [-0.1, -0.05) is 6.92 Å². The lowest BCUT2D eigenvalue weighted by atomic mass is 10.1. The van der Waals surface area contributed by atoms with Crippen molar-refractivity contribution in [2.75, 3.05) is 21.3 Å². The molecule has 6 heteroatoms. The van der Waals surface area contributed by atoms with Crippen LogP contribution < -0.4 is 19.5 Å². The molecule has 0 aliphatic heterocycles. The van der Waals surface area contributed by atoms with E-state index in [-0.39, 0.29) is 11.8 Å². The average Bonchev–Trinajstić information content (AvgIpc) is 3.27. The van der Waals surface area contributed by atoms with Crippen LogP contribution in [0, 0.1) is 23.2 Å². The summed E-state index contributed by atoms with van der Waals surface area (Å²) in [5.74, 6) is 1.66.